The van der Waals surface area contributed by atoms with Crippen molar-refractivity contribution in [3.05, 3.63) is 35.6 Å². The molecule has 1 aromatic heterocycles. The second kappa shape index (κ2) is 7.02. The molecule has 1 amide bonds. The molecule has 6 nitrogen and oxygen atoms in total. The Balaban J connectivity index is 1.39. The van der Waals surface area contributed by atoms with Gasteiger partial charge in [0.2, 0.25) is 5.91 Å². The van der Waals surface area contributed by atoms with Crippen molar-refractivity contribution >= 4 is 16.9 Å². The number of aryl methyl sites for hydroxylation is 1. The van der Waals surface area contributed by atoms with Crippen LogP contribution in [0.25, 0.3) is 11.0 Å². The van der Waals surface area contributed by atoms with Gasteiger partial charge in [-0.15, -0.1) is 0 Å². The van der Waals surface area contributed by atoms with E-state index in [2.05, 4.69) is 4.90 Å². The first-order chi connectivity index (χ1) is 12.5. The van der Waals surface area contributed by atoms with Gasteiger partial charge in [0.25, 0.3) is 0 Å². The van der Waals surface area contributed by atoms with Gasteiger partial charge in [-0.1, -0.05) is 12.1 Å². The van der Waals surface area contributed by atoms with Crippen LogP contribution in [-0.4, -0.2) is 72.4 Å². The van der Waals surface area contributed by atoms with E-state index in [0.29, 0.717) is 45.7 Å². The highest BCUT2D eigenvalue weighted by molar-refractivity contribution is 5.88. The number of rotatable bonds is 4. The molecular weight excluding hydrogens is 332 g/mol. The number of hydrogen-bond donors (Lipinski definition) is 1. The zero-order valence-electron chi connectivity index (χ0n) is 15.2. The van der Waals surface area contributed by atoms with E-state index in [9.17, 15) is 9.90 Å². The van der Waals surface area contributed by atoms with Crippen molar-refractivity contribution in [2.75, 3.05) is 45.9 Å². The number of furan rings is 1. The number of carbonyl (C=O) groups is 1. The zero-order valence-corrected chi connectivity index (χ0v) is 15.2. The summed E-state index contributed by atoms with van der Waals surface area (Å²) in [4.78, 5) is 16.8. The van der Waals surface area contributed by atoms with Gasteiger partial charge in [0.05, 0.1) is 38.0 Å². The Labute approximate surface area is 153 Å². The van der Waals surface area contributed by atoms with E-state index in [4.69, 9.17) is 9.15 Å². The lowest BCUT2D eigenvalue weighted by Crippen LogP contribution is -2.49. The summed E-state index contributed by atoms with van der Waals surface area (Å²) in [6.07, 6.45) is 2.61. The number of amides is 1. The summed E-state index contributed by atoms with van der Waals surface area (Å²) in [7, 11) is 0. The molecule has 0 aliphatic carbocycles. The minimum absolute atomic E-state index is 0.0474. The van der Waals surface area contributed by atoms with Crippen LogP contribution in [-0.2, 0) is 16.0 Å². The summed E-state index contributed by atoms with van der Waals surface area (Å²) >= 11 is 0. The lowest BCUT2D eigenvalue weighted by Gasteiger charge is -2.33. The molecule has 6 heteroatoms. The van der Waals surface area contributed by atoms with Crippen molar-refractivity contribution in [1.29, 1.82) is 0 Å². The van der Waals surface area contributed by atoms with Crippen molar-refractivity contribution < 1.29 is 19.1 Å². The summed E-state index contributed by atoms with van der Waals surface area (Å²) in [6.45, 7) is 6.75. The maximum absolute atomic E-state index is 12.7. The molecule has 2 aliphatic heterocycles. The number of aliphatic hydroxyl groups is 1. The van der Waals surface area contributed by atoms with Gasteiger partial charge in [-0.3, -0.25) is 9.69 Å². The number of morpholine rings is 1. The highest BCUT2D eigenvalue weighted by atomic mass is 16.5. The molecule has 2 fully saturated rings. The standard InChI is InChI=1S/C20H26N2O4/c1-15-2-3-17-16(12-26-18(17)10-15)11-19(23)22-5-4-20(24,14-22)13-21-6-8-25-9-7-21/h2-3,10,12,24H,4-9,11,13-14H2,1H3. The van der Waals surface area contributed by atoms with Gasteiger partial charge in [0.15, 0.2) is 0 Å². The third-order valence-corrected chi connectivity index (χ3v) is 5.46. The first kappa shape index (κ1) is 17.5. The average molecular weight is 358 g/mol. The molecule has 2 saturated heterocycles. The Kier molecular flexibility index (Phi) is 4.73. The molecule has 1 aromatic carbocycles. The number of hydrogen-bond acceptors (Lipinski definition) is 5. The molecular formula is C20H26N2O4. The number of carbonyl (C=O) groups excluding carboxylic acids is 1. The molecule has 0 bridgehead atoms. The van der Waals surface area contributed by atoms with Crippen LogP contribution in [0.15, 0.2) is 28.9 Å². The van der Waals surface area contributed by atoms with Crippen molar-refractivity contribution in [2.24, 2.45) is 0 Å². The largest absolute Gasteiger partial charge is 0.464 e. The van der Waals surface area contributed by atoms with Crippen LogP contribution in [0.2, 0.25) is 0 Å². The van der Waals surface area contributed by atoms with Gasteiger partial charge in [0.1, 0.15) is 5.58 Å². The molecule has 1 N–H and O–H groups in total. The Morgan fingerprint density at radius 2 is 2.08 bits per heavy atom. The molecule has 2 aromatic rings. The number of benzene rings is 1. The molecule has 0 saturated carbocycles. The smallest absolute Gasteiger partial charge is 0.227 e. The molecule has 140 valence electrons. The lowest BCUT2D eigenvalue weighted by molar-refractivity contribution is -0.130. The minimum Gasteiger partial charge on any atom is -0.464 e. The van der Waals surface area contributed by atoms with Gasteiger partial charge in [-0.05, 0) is 25.0 Å². The molecule has 3 heterocycles. The van der Waals surface area contributed by atoms with Gasteiger partial charge in [-0.2, -0.15) is 0 Å². The van der Waals surface area contributed by atoms with Crippen LogP contribution in [0.1, 0.15) is 17.5 Å². The Hall–Kier alpha value is -1.89. The van der Waals surface area contributed by atoms with Crippen LogP contribution in [0.4, 0.5) is 0 Å². The van der Waals surface area contributed by atoms with Crippen LogP contribution in [0.3, 0.4) is 0 Å². The van der Waals surface area contributed by atoms with Crippen LogP contribution >= 0.6 is 0 Å². The lowest BCUT2D eigenvalue weighted by atomic mass is 10.0. The number of fused-ring (bicyclic) bond motifs is 1. The van der Waals surface area contributed by atoms with E-state index in [1.165, 1.54) is 0 Å². The number of β-amino-alcohol motifs (C(OH)–C–C–N with tert-alkyl or cyclic N) is 1. The monoisotopic (exact) mass is 358 g/mol. The molecule has 4 rings (SSSR count). The fourth-order valence-corrected chi connectivity index (χ4v) is 3.98. The quantitative estimate of drug-likeness (QED) is 0.899. The summed E-state index contributed by atoms with van der Waals surface area (Å²) in [5.74, 6) is 0.0474. The molecule has 1 atom stereocenters. The fraction of sp³-hybridized carbons (Fsp3) is 0.550. The molecule has 1 unspecified atom stereocenters. The first-order valence-electron chi connectivity index (χ1n) is 9.29. The average Bonchev–Trinajstić information content (AvgIpc) is 3.19. The molecule has 0 spiro atoms. The van der Waals surface area contributed by atoms with Gasteiger partial charge < -0.3 is 19.2 Å². The van der Waals surface area contributed by atoms with Crippen molar-refractivity contribution in [1.82, 2.24) is 9.80 Å². The predicted octanol–water partition coefficient (Wildman–Crippen LogP) is 1.58. The zero-order chi connectivity index (χ0) is 18.1. The second-order valence-electron chi connectivity index (χ2n) is 7.62. The Morgan fingerprint density at radius 3 is 2.88 bits per heavy atom. The summed E-state index contributed by atoms with van der Waals surface area (Å²) < 4.78 is 11.0. The topological polar surface area (TPSA) is 66.2 Å². The summed E-state index contributed by atoms with van der Waals surface area (Å²) in [5.41, 5.74) is 2.05. The summed E-state index contributed by atoms with van der Waals surface area (Å²) in [5, 5.41) is 11.9. The number of ether oxygens (including phenoxy) is 1. The fourth-order valence-electron chi connectivity index (χ4n) is 3.98. The van der Waals surface area contributed by atoms with Gasteiger partial charge in [-0.25, -0.2) is 0 Å². The number of likely N-dealkylation sites (tertiary alicyclic amines) is 1. The predicted molar refractivity (Wildman–Crippen MR) is 98.1 cm³/mol. The highest BCUT2D eigenvalue weighted by Crippen LogP contribution is 2.26. The minimum atomic E-state index is -0.817. The van der Waals surface area contributed by atoms with E-state index in [0.717, 1.165) is 35.2 Å². The third-order valence-electron chi connectivity index (χ3n) is 5.46. The van der Waals surface area contributed by atoms with E-state index in [1.54, 1.807) is 11.2 Å². The molecule has 26 heavy (non-hydrogen) atoms. The molecule has 2 aliphatic rings. The maximum atomic E-state index is 12.7. The maximum Gasteiger partial charge on any atom is 0.227 e. The van der Waals surface area contributed by atoms with E-state index in [1.807, 2.05) is 25.1 Å². The van der Waals surface area contributed by atoms with Crippen LogP contribution < -0.4 is 0 Å². The number of nitrogens with zero attached hydrogens (tertiary/aromatic N) is 2. The highest BCUT2D eigenvalue weighted by Gasteiger charge is 2.39. The van der Waals surface area contributed by atoms with E-state index >= 15 is 0 Å². The SMILES string of the molecule is Cc1ccc2c(CC(=O)N3CCC(O)(CN4CCOCC4)C3)coc2c1. The van der Waals surface area contributed by atoms with Crippen molar-refractivity contribution in [2.45, 2.75) is 25.4 Å². The van der Waals surface area contributed by atoms with Crippen LogP contribution in [0, 0.1) is 6.92 Å². The van der Waals surface area contributed by atoms with Gasteiger partial charge in [0, 0.05) is 37.1 Å². The van der Waals surface area contributed by atoms with E-state index in [-0.39, 0.29) is 5.91 Å². The summed E-state index contributed by atoms with van der Waals surface area (Å²) in [6, 6.07) is 6.03. The second-order valence-corrected chi connectivity index (χ2v) is 7.62. The van der Waals surface area contributed by atoms with Gasteiger partial charge >= 0.3 is 0 Å². The third kappa shape index (κ3) is 3.63. The van der Waals surface area contributed by atoms with E-state index < -0.39 is 5.60 Å². The Bertz CT molecular complexity index is 796. The molecule has 0 radical (unpaired) electrons. The van der Waals surface area contributed by atoms with Crippen molar-refractivity contribution in [3.8, 4) is 0 Å². The first-order valence-corrected chi connectivity index (χ1v) is 9.29. The Morgan fingerprint density at radius 1 is 1.27 bits per heavy atom. The van der Waals surface area contributed by atoms with Crippen LogP contribution in [0.5, 0.6) is 0 Å². The normalized spacial score (nSPS) is 24.5. The van der Waals surface area contributed by atoms with Crippen molar-refractivity contribution in [3.63, 3.8) is 0 Å².